The van der Waals surface area contributed by atoms with Crippen LogP contribution in [0.1, 0.15) is 39.3 Å². The van der Waals surface area contributed by atoms with Crippen LogP contribution in [0.3, 0.4) is 0 Å². The van der Waals surface area contributed by atoms with Crippen LogP contribution in [-0.2, 0) is 17.5 Å². The molecule has 0 radical (unpaired) electrons. The maximum Gasteiger partial charge on any atom is 0.173 e. The van der Waals surface area contributed by atoms with Gasteiger partial charge in [-0.3, -0.25) is 0 Å². The molecule has 0 N–H and O–H groups in total. The van der Waals surface area contributed by atoms with Crippen LogP contribution in [0.2, 0.25) is 5.02 Å². The van der Waals surface area contributed by atoms with E-state index in [4.69, 9.17) is 21.0 Å². The van der Waals surface area contributed by atoms with Gasteiger partial charge in [-0.1, -0.05) is 23.4 Å². The summed E-state index contributed by atoms with van der Waals surface area (Å²) in [6.07, 6.45) is 12.7. The van der Waals surface area contributed by atoms with Crippen LogP contribution < -0.4 is 4.90 Å². The normalized spacial score (nSPS) is 18.6. The molecule has 1 saturated heterocycles. The lowest BCUT2D eigenvalue weighted by atomic mass is 9.75. The van der Waals surface area contributed by atoms with Crippen molar-refractivity contribution in [2.24, 2.45) is 9.81 Å². The Balaban J connectivity index is 1.16. The van der Waals surface area contributed by atoms with Gasteiger partial charge < -0.3 is 9.47 Å². The SMILES string of the molecule is CC(C)(C)[S@@](=O)N=C1c2cccn2CC12CCN(c1cnc(Sc3ccnc(-n4cccn4)c3Cl)cn1)CC2. The highest BCUT2D eigenvalue weighted by molar-refractivity contribution is 7.99. The second-order valence-electron chi connectivity index (χ2n) is 10.8. The number of rotatable bonds is 5. The van der Waals surface area contributed by atoms with Gasteiger partial charge in [-0.05, 0) is 57.9 Å². The predicted octanol–water partition coefficient (Wildman–Crippen LogP) is 5.22. The lowest BCUT2D eigenvalue weighted by Gasteiger charge is -2.39. The zero-order valence-electron chi connectivity index (χ0n) is 22.0. The molecule has 202 valence electrons. The van der Waals surface area contributed by atoms with Crippen molar-refractivity contribution < 1.29 is 4.21 Å². The smallest absolute Gasteiger partial charge is 0.173 e. The Morgan fingerprint density at radius 1 is 1.05 bits per heavy atom. The molecule has 2 aliphatic heterocycles. The molecule has 1 fully saturated rings. The van der Waals surface area contributed by atoms with Gasteiger partial charge in [0.1, 0.15) is 21.8 Å². The van der Waals surface area contributed by atoms with Gasteiger partial charge in [0.2, 0.25) is 0 Å². The number of pyridine rings is 1. The Kier molecular flexibility index (Phi) is 6.84. The molecule has 0 bridgehead atoms. The Morgan fingerprint density at radius 3 is 2.56 bits per heavy atom. The van der Waals surface area contributed by atoms with Crippen LogP contribution in [-0.4, -0.2) is 57.1 Å². The maximum absolute atomic E-state index is 13.0. The number of hydrogen-bond acceptors (Lipinski definition) is 7. The molecule has 0 aromatic carbocycles. The molecule has 1 spiro atoms. The van der Waals surface area contributed by atoms with E-state index in [1.165, 1.54) is 11.8 Å². The Labute approximate surface area is 239 Å². The largest absolute Gasteiger partial charge is 0.355 e. The summed E-state index contributed by atoms with van der Waals surface area (Å²) >= 11 is 8.07. The summed E-state index contributed by atoms with van der Waals surface area (Å²) in [5.41, 5.74) is 1.97. The van der Waals surface area contributed by atoms with E-state index < -0.39 is 15.7 Å². The van der Waals surface area contributed by atoms with E-state index in [-0.39, 0.29) is 5.41 Å². The molecule has 6 heterocycles. The molecular weight excluding hydrogens is 552 g/mol. The van der Waals surface area contributed by atoms with Crippen LogP contribution in [0.5, 0.6) is 0 Å². The van der Waals surface area contributed by atoms with Gasteiger partial charge in [0, 0.05) is 54.7 Å². The Morgan fingerprint density at radius 2 is 1.87 bits per heavy atom. The average molecular weight is 581 g/mol. The second kappa shape index (κ2) is 10.2. The number of nitrogens with zero attached hydrogens (tertiary/aromatic N) is 8. The number of hydrogen-bond donors (Lipinski definition) is 0. The summed E-state index contributed by atoms with van der Waals surface area (Å²) in [5, 5.41) is 5.50. The Bertz CT molecular complexity index is 1530. The maximum atomic E-state index is 13.0. The molecule has 0 saturated carbocycles. The van der Waals surface area contributed by atoms with E-state index in [1.807, 2.05) is 51.4 Å². The van der Waals surface area contributed by atoms with Gasteiger partial charge >= 0.3 is 0 Å². The number of halogens is 1. The van der Waals surface area contributed by atoms with Crippen LogP contribution in [0.25, 0.3) is 5.82 Å². The molecule has 1 atom stereocenters. The lowest BCUT2D eigenvalue weighted by molar-refractivity contribution is 0.298. The van der Waals surface area contributed by atoms with E-state index in [2.05, 4.69) is 36.8 Å². The van der Waals surface area contributed by atoms with Gasteiger partial charge in [-0.25, -0.2) is 23.8 Å². The lowest BCUT2D eigenvalue weighted by Crippen LogP contribution is -2.44. The van der Waals surface area contributed by atoms with Gasteiger partial charge in [0.15, 0.2) is 5.82 Å². The zero-order valence-corrected chi connectivity index (χ0v) is 24.4. The zero-order chi connectivity index (χ0) is 27.2. The van der Waals surface area contributed by atoms with Crippen molar-refractivity contribution in [3.8, 4) is 5.82 Å². The van der Waals surface area contributed by atoms with E-state index in [0.29, 0.717) is 10.8 Å². The average Bonchev–Trinajstić information content (AvgIpc) is 3.66. The first-order valence-electron chi connectivity index (χ1n) is 12.8. The van der Waals surface area contributed by atoms with Crippen molar-refractivity contribution in [1.82, 2.24) is 29.3 Å². The first-order valence-corrected chi connectivity index (χ1v) is 15.1. The summed E-state index contributed by atoms with van der Waals surface area (Å²) in [4.78, 5) is 16.9. The summed E-state index contributed by atoms with van der Waals surface area (Å²) in [7, 11) is -1.30. The van der Waals surface area contributed by atoms with Crippen molar-refractivity contribution in [1.29, 1.82) is 0 Å². The van der Waals surface area contributed by atoms with Crippen molar-refractivity contribution >= 4 is 45.9 Å². The minimum absolute atomic E-state index is 0.110. The number of piperidine rings is 1. The highest BCUT2D eigenvalue weighted by Crippen LogP contribution is 2.43. The van der Waals surface area contributed by atoms with E-state index in [1.54, 1.807) is 23.3 Å². The number of anilines is 1. The van der Waals surface area contributed by atoms with Crippen LogP contribution in [0, 0.1) is 5.41 Å². The van der Waals surface area contributed by atoms with Gasteiger partial charge in [0.05, 0.1) is 33.6 Å². The van der Waals surface area contributed by atoms with Gasteiger partial charge in [-0.2, -0.15) is 9.50 Å². The second-order valence-corrected chi connectivity index (χ2v) is 14.1. The fourth-order valence-corrected chi connectivity index (χ4v) is 6.83. The fraction of sp³-hybridized carbons (Fsp3) is 0.370. The fourth-order valence-electron chi connectivity index (χ4n) is 5.05. The third-order valence-corrected chi connectivity index (χ3v) is 10.0. The summed E-state index contributed by atoms with van der Waals surface area (Å²) in [6, 6.07) is 7.83. The van der Waals surface area contributed by atoms with E-state index in [9.17, 15) is 4.21 Å². The first-order chi connectivity index (χ1) is 18.7. The third-order valence-electron chi connectivity index (χ3n) is 7.18. The molecule has 12 heteroatoms. The quantitative estimate of drug-likeness (QED) is 0.320. The molecule has 4 aromatic rings. The first kappa shape index (κ1) is 26.2. The number of fused-ring (bicyclic) bond motifs is 1. The summed E-state index contributed by atoms with van der Waals surface area (Å²) < 4.78 is 21.3. The molecule has 4 aromatic heterocycles. The Hall–Kier alpha value is -3.02. The van der Waals surface area contributed by atoms with Crippen LogP contribution in [0.15, 0.2) is 75.8 Å². The molecule has 2 aliphatic rings. The molecule has 9 nitrogen and oxygen atoms in total. The molecule has 0 aliphatic carbocycles. The van der Waals surface area contributed by atoms with Crippen molar-refractivity contribution in [3.05, 3.63) is 72.2 Å². The van der Waals surface area contributed by atoms with Crippen molar-refractivity contribution in [2.75, 3.05) is 18.0 Å². The summed E-state index contributed by atoms with van der Waals surface area (Å²) in [6.45, 7) is 8.44. The molecule has 39 heavy (non-hydrogen) atoms. The minimum atomic E-state index is -1.30. The van der Waals surface area contributed by atoms with Crippen molar-refractivity contribution in [3.63, 3.8) is 0 Å². The van der Waals surface area contributed by atoms with Crippen LogP contribution in [0.4, 0.5) is 5.82 Å². The molecular formula is C27H29ClN8OS2. The van der Waals surface area contributed by atoms with Crippen molar-refractivity contribution in [2.45, 2.75) is 54.8 Å². The number of aromatic nitrogens is 6. The standard InChI is InChI=1S/C27H29ClN8OS2/c1-26(2,3)39(37)33-24-19-6-4-12-35(19)18-27(24)8-14-34(15-9-27)21-16-31-22(17-30-21)38-20-7-11-29-25(23(20)28)36-13-5-10-32-36/h4-7,10-13,16-17H,8-9,14-15,18H2,1-3H3/t39-/m1/s1. The molecule has 0 unspecified atom stereocenters. The van der Waals surface area contributed by atoms with E-state index >= 15 is 0 Å². The third kappa shape index (κ3) is 5.03. The summed E-state index contributed by atoms with van der Waals surface area (Å²) in [5.74, 6) is 1.42. The topological polar surface area (TPSA) is 94.1 Å². The van der Waals surface area contributed by atoms with Crippen LogP contribution >= 0.6 is 23.4 Å². The predicted molar refractivity (Wildman–Crippen MR) is 155 cm³/mol. The molecule has 0 amide bonds. The van der Waals surface area contributed by atoms with Gasteiger partial charge in [0.25, 0.3) is 0 Å². The monoisotopic (exact) mass is 580 g/mol. The minimum Gasteiger partial charge on any atom is -0.355 e. The highest BCUT2D eigenvalue weighted by atomic mass is 35.5. The molecule has 6 rings (SSSR count). The van der Waals surface area contributed by atoms with E-state index in [0.717, 1.165) is 59.6 Å². The highest BCUT2D eigenvalue weighted by Gasteiger charge is 2.46. The van der Waals surface area contributed by atoms with Gasteiger partial charge in [-0.15, -0.1) is 0 Å².